The zero-order valence-electron chi connectivity index (χ0n) is 9.26. The first-order chi connectivity index (χ1) is 7.04. The van der Waals surface area contributed by atoms with Crippen LogP contribution in [0.4, 0.5) is 5.69 Å². The molecule has 1 amide bonds. The van der Waals surface area contributed by atoms with E-state index in [-0.39, 0.29) is 5.91 Å². The quantitative estimate of drug-likeness (QED) is 0.770. The van der Waals surface area contributed by atoms with Gasteiger partial charge < -0.3 is 10.1 Å². The monoisotopic (exact) mass is 205 g/mol. The molecule has 15 heavy (non-hydrogen) atoms. The lowest BCUT2D eigenvalue weighted by Crippen LogP contribution is -2.11. The van der Waals surface area contributed by atoms with Crippen molar-refractivity contribution in [3.05, 3.63) is 35.9 Å². The Kier molecular flexibility index (Phi) is 3.50. The standard InChI is InChI=1S/C12H15NO2/c1-8(2)12(14)13-10-6-5-9(3)11(7-10)15-4/h5-7H,1H2,2-4H3,(H,13,14). The Morgan fingerprint density at radius 2 is 2.13 bits per heavy atom. The summed E-state index contributed by atoms with van der Waals surface area (Å²) in [6.07, 6.45) is 0. The maximum absolute atomic E-state index is 11.3. The zero-order chi connectivity index (χ0) is 11.4. The van der Waals surface area contributed by atoms with E-state index in [1.807, 2.05) is 19.1 Å². The molecule has 0 atom stereocenters. The summed E-state index contributed by atoms with van der Waals surface area (Å²) < 4.78 is 5.15. The number of hydrogen-bond acceptors (Lipinski definition) is 2. The topological polar surface area (TPSA) is 38.3 Å². The Hall–Kier alpha value is -1.77. The van der Waals surface area contributed by atoms with Gasteiger partial charge in [0.25, 0.3) is 5.91 Å². The number of carbonyl (C=O) groups excluding carboxylic acids is 1. The van der Waals surface area contributed by atoms with E-state index in [0.29, 0.717) is 11.3 Å². The molecular formula is C12H15NO2. The van der Waals surface area contributed by atoms with E-state index in [9.17, 15) is 4.79 Å². The Labute approximate surface area is 89.8 Å². The Balaban J connectivity index is 2.87. The van der Waals surface area contributed by atoms with E-state index < -0.39 is 0 Å². The number of amides is 1. The van der Waals surface area contributed by atoms with Gasteiger partial charge in [0.05, 0.1) is 7.11 Å². The molecular weight excluding hydrogens is 190 g/mol. The van der Waals surface area contributed by atoms with E-state index in [1.54, 1.807) is 20.1 Å². The second-order valence-corrected chi connectivity index (χ2v) is 3.42. The highest BCUT2D eigenvalue weighted by Crippen LogP contribution is 2.22. The molecule has 0 radical (unpaired) electrons. The third kappa shape index (κ3) is 2.84. The van der Waals surface area contributed by atoms with Crippen LogP contribution in [0.1, 0.15) is 12.5 Å². The fourth-order valence-corrected chi connectivity index (χ4v) is 1.14. The van der Waals surface area contributed by atoms with Crippen molar-refractivity contribution in [2.24, 2.45) is 0 Å². The molecule has 0 aliphatic rings. The molecule has 0 heterocycles. The van der Waals surface area contributed by atoms with Crippen LogP contribution in [0.3, 0.4) is 0 Å². The number of anilines is 1. The molecule has 0 saturated heterocycles. The number of aryl methyl sites for hydroxylation is 1. The largest absolute Gasteiger partial charge is 0.496 e. The van der Waals surface area contributed by atoms with Crippen LogP contribution in [0.25, 0.3) is 0 Å². The average molecular weight is 205 g/mol. The lowest BCUT2D eigenvalue weighted by Gasteiger charge is -2.08. The van der Waals surface area contributed by atoms with Gasteiger partial charge in [0, 0.05) is 17.3 Å². The minimum Gasteiger partial charge on any atom is -0.496 e. The smallest absolute Gasteiger partial charge is 0.250 e. The van der Waals surface area contributed by atoms with Crippen molar-refractivity contribution >= 4 is 11.6 Å². The summed E-state index contributed by atoms with van der Waals surface area (Å²) in [6.45, 7) is 7.18. The maximum atomic E-state index is 11.3. The second-order valence-electron chi connectivity index (χ2n) is 3.42. The van der Waals surface area contributed by atoms with E-state index >= 15 is 0 Å². The summed E-state index contributed by atoms with van der Waals surface area (Å²) >= 11 is 0. The molecule has 0 fully saturated rings. The Morgan fingerprint density at radius 3 is 2.67 bits per heavy atom. The molecule has 0 aromatic heterocycles. The van der Waals surface area contributed by atoms with Gasteiger partial charge in [-0.2, -0.15) is 0 Å². The van der Waals surface area contributed by atoms with Crippen molar-refractivity contribution in [1.82, 2.24) is 0 Å². The van der Waals surface area contributed by atoms with Gasteiger partial charge in [-0.25, -0.2) is 0 Å². The highest BCUT2D eigenvalue weighted by Gasteiger charge is 2.04. The molecule has 0 unspecified atom stereocenters. The molecule has 1 rings (SSSR count). The van der Waals surface area contributed by atoms with Gasteiger partial charge in [0.2, 0.25) is 0 Å². The normalized spacial score (nSPS) is 9.53. The number of hydrogen-bond donors (Lipinski definition) is 1. The molecule has 0 saturated carbocycles. The van der Waals surface area contributed by atoms with Gasteiger partial charge in [-0.3, -0.25) is 4.79 Å². The third-order valence-corrected chi connectivity index (χ3v) is 2.05. The summed E-state index contributed by atoms with van der Waals surface area (Å²) in [6, 6.07) is 5.52. The molecule has 0 bridgehead atoms. The molecule has 0 aliphatic heterocycles. The van der Waals surface area contributed by atoms with Crippen LogP contribution in [0.15, 0.2) is 30.4 Å². The van der Waals surface area contributed by atoms with E-state index in [2.05, 4.69) is 11.9 Å². The highest BCUT2D eigenvalue weighted by atomic mass is 16.5. The minimum absolute atomic E-state index is 0.180. The van der Waals surface area contributed by atoms with Crippen LogP contribution >= 0.6 is 0 Å². The second kappa shape index (κ2) is 4.64. The van der Waals surface area contributed by atoms with Gasteiger partial charge in [0.15, 0.2) is 0 Å². The predicted molar refractivity (Wildman–Crippen MR) is 61.2 cm³/mol. The van der Waals surface area contributed by atoms with Crippen LogP contribution < -0.4 is 10.1 Å². The molecule has 1 aromatic rings. The van der Waals surface area contributed by atoms with E-state index in [1.165, 1.54) is 0 Å². The molecule has 1 aromatic carbocycles. The molecule has 1 N–H and O–H groups in total. The summed E-state index contributed by atoms with van der Waals surface area (Å²) in [7, 11) is 1.60. The lowest BCUT2D eigenvalue weighted by molar-refractivity contribution is -0.112. The molecule has 0 aliphatic carbocycles. The molecule has 0 spiro atoms. The number of nitrogens with one attached hydrogen (secondary N) is 1. The van der Waals surface area contributed by atoms with Crippen molar-refractivity contribution in [1.29, 1.82) is 0 Å². The van der Waals surface area contributed by atoms with E-state index in [4.69, 9.17) is 4.74 Å². The number of benzene rings is 1. The molecule has 3 heteroatoms. The van der Waals surface area contributed by atoms with Gasteiger partial charge in [-0.15, -0.1) is 0 Å². The van der Waals surface area contributed by atoms with E-state index in [0.717, 1.165) is 11.3 Å². The zero-order valence-corrected chi connectivity index (χ0v) is 9.26. The Bertz CT molecular complexity index is 397. The van der Waals surface area contributed by atoms with Crippen LogP contribution in [0, 0.1) is 6.92 Å². The summed E-state index contributed by atoms with van der Waals surface area (Å²) in [5.74, 6) is 0.579. The lowest BCUT2D eigenvalue weighted by atomic mass is 10.2. The van der Waals surface area contributed by atoms with Crippen molar-refractivity contribution in [2.45, 2.75) is 13.8 Å². The Morgan fingerprint density at radius 1 is 1.47 bits per heavy atom. The first kappa shape index (κ1) is 11.3. The summed E-state index contributed by atoms with van der Waals surface area (Å²) in [5.41, 5.74) is 2.23. The number of rotatable bonds is 3. The molecule has 3 nitrogen and oxygen atoms in total. The van der Waals surface area contributed by atoms with Crippen LogP contribution in [-0.4, -0.2) is 13.0 Å². The highest BCUT2D eigenvalue weighted by molar-refractivity contribution is 6.02. The fourth-order valence-electron chi connectivity index (χ4n) is 1.14. The van der Waals surface area contributed by atoms with Gasteiger partial charge in [0.1, 0.15) is 5.75 Å². The van der Waals surface area contributed by atoms with Crippen LogP contribution in [-0.2, 0) is 4.79 Å². The third-order valence-electron chi connectivity index (χ3n) is 2.05. The van der Waals surface area contributed by atoms with Crippen molar-refractivity contribution in [3.8, 4) is 5.75 Å². The van der Waals surface area contributed by atoms with Gasteiger partial charge in [-0.05, 0) is 25.5 Å². The number of methoxy groups -OCH3 is 1. The SMILES string of the molecule is C=C(C)C(=O)Nc1ccc(C)c(OC)c1. The summed E-state index contributed by atoms with van der Waals surface area (Å²) in [4.78, 5) is 11.3. The predicted octanol–water partition coefficient (Wildman–Crippen LogP) is 2.52. The molecule has 80 valence electrons. The van der Waals surface area contributed by atoms with Crippen molar-refractivity contribution in [2.75, 3.05) is 12.4 Å². The van der Waals surface area contributed by atoms with Crippen molar-refractivity contribution in [3.63, 3.8) is 0 Å². The fraction of sp³-hybridized carbons (Fsp3) is 0.250. The van der Waals surface area contributed by atoms with Crippen LogP contribution in [0.2, 0.25) is 0 Å². The van der Waals surface area contributed by atoms with Gasteiger partial charge >= 0.3 is 0 Å². The van der Waals surface area contributed by atoms with Crippen molar-refractivity contribution < 1.29 is 9.53 Å². The maximum Gasteiger partial charge on any atom is 0.250 e. The summed E-state index contributed by atoms with van der Waals surface area (Å²) in [5, 5.41) is 2.72. The average Bonchev–Trinajstić information content (AvgIpc) is 2.20. The number of carbonyl (C=O) groups is 1. The number of ether oxygens (including phenoxy) is 1. The first-order valence-electron chi connectivity index (χ1n) is 4.66. The minimum atomic E-state index is -0.180. The van der Waals surface area contributed by atoms with Gasteiger partial charge in [-0.1, -0.05) is 12.6 Å². The first-order valence-corrected chi connectivity index (χ1v) is 4.66. The van der Waals surface area contributed by atoms with Crippen LogP contribution in [0.5, 0.6) is 5.75 Å².